The molecule has 1 heterocycles. The van der Waals surface area contributed by atoms with Gasteiger partial charge in [-0.05, 0) is 29.0 Å². The van der Waals surface area contributed by atoms with Crippen molar-refractivity contribution in [2.75, 3.05) is 26.7 Å². The van der Waals surface area contributed by atoms with Crippen LogP contribution in [0.3, 0.4) is 0 Å². The molecule has 16 heavy (non-hydrogen) atoms. The Balaban J connectivity index is 2.07. The quantitative estimate of drug-likeness (QED) is 0.779. The third-order valence-electron chi connectivity index (χ3n) is 2.04. The van der Waals surface area contributed by atoms with Gasteiger partial charge in [0.1, 0.15) is 0 Å². The van der Waals surface area contributed by atoms with Gasteiger partial charge in [0.15, 0.2) is 0 Å². The van der Waals surface area contributed by atoms with Crippen molar-refractivity contribution < 1.29 is 8.78 Å². The van der Waals surface area contributed by atoms with E-state index >= 15 is 0 Å². The van der Waals surface area contributed by atoms with Gasteiger partial charge in [0.25, 0.3) is 6.43 Å². The average molecular weight is 313 g/mol. The predicted octanol–water partition coefficient (Wildman–Crippen LogP) is 2.80. The molecule has 0 aliphatic carbocycles. The van der Waals surface area contributed by atoms with Crippen molar-refractivity contribution in [3.8, 4) is 0 Å². The van der Waals surface area contributed by atoms with Crippen molar-refractivity contribution in [3.63, 3.8) is 0 Å². The second-order valence-electron chi connectivity index (χ2n) is 3.56. The van der Waals surface area contributed by atoms with Gasteiger partial charge in [0, 0.05) is 34.4 Å². The lowest BCUT2D eigenvalue weighted by Gasteiger charge is -2.15. The highest BCUT2D eigenvalue weighted by atomic mass is 79.9. The molecule has 0 amide bonds. The summed E-state index contributed by atoms with van der Waals surface area (Å²) in [7, 11) is 1.70. The zero-order chi connectivity index (χ0) is 12.0. The number of thiophene rings is 1. The number of rotatable bonds is 7. The van der Waals surface area contributed by atoms with Gasteiger partial charge < -0.3 is 5.32 Å². The minimum Gasteiger partial charge on any atom is -0.311 e. The topological polar surface area (TPSA) is 15.3 Å². The molecule has 0 aromatic carbocycles. The molecule has 1 aromatic heterocycles. The number of hydrogen-bond donors (Lipinski definition) is 1. The Morgan fingerprint density at radius 1 is 1.56 bits per heavy atom. The monoisotopic (exact) mass is 312 g/mol. The van der Waals surface area contributed by atoms with E-state index in [0.29, 0.717) is 6.54 Å². The van der Waals surface area contributed by atoms with Crippen LogP contribution in [0.4, 0.5) is 8.78 Å². The number of hydrogen-bond acceptors (Lipinski definition) is 3. The molecule has 0 atom stereocenters. The molecule has 6 heteroatoms. The Kier molecular flexibility index (Phi) is 6.41. The maximum absolute atomic E-state index is 12.0. The molecule has 0 aliphatic rings. The van der Waals surface area contributed by atoms with Gasteiger partial charge in [0.2, 0.25) is 0 Å². The Morgan fingerprint density at radius 3 is 2.88 bits per heavy atom. The first-order chi connectivity index (χ1) is 7.58. The van der Waals surface area contributed by atoms with Crippen molar-refractivity contribution in [1.82, 2.24) is 10.2 Å². The van der Waals surface area contributed by atoms with E-state index in [4.69, 9.17) is 0 Å². The van der Waals surface area contributed by atoms with Gasteiger partial charge in [-0.25, -0.2) is 8.78 Å². The van der Waals surface area contributed by atoms with Gasteiger partial charge in [-0.15, -0.1) is 11.3 Å². The van der Waals surface area contributed by atoms with E-state index in [1.807, 2.05) is 5.38 Å². The molecule has 0 radical (unpaired) electrons. The zero-order valence-electron chi connectivity index (χ0n) is 9.05. The van der Waals surface area contributed by atoms with E-state index in [1.165, 1.54) is 4.88 Å². The zero-order valence-corrected chi connectivity index (χ0v) is 11.5. The van der Waals surface area contributed by atoms with Crippen molar-refractivity contribution in [2.45, 2.75) is 13.0 Å². The second kappa shape index (κ2) is 7.32. The van der Waals surface area contributed by atoms with E-state index in [9.17, 15) is 8.78 Å². The molecule has 0 fully saturated rings. The highest BCUT2D eigenvalue weighted by molar-refractivity contribution is 9.10. The molecule has 0 bridgehead atoms. The molecule has 0 spiro atoms. The molecular formula is C10H15BrF2N2S. The normalized spacial score (nSPS) is 11.6. The van der Waals surface area contributed by atoms with Crippen LogP contribution in [-0.2, 0) is 6.54 Å². The maximum Gasteiger partial charge on any atom is 0.251 e. The molecule has 0 saturated carbocycles. The fourth-order valence-electron chi connectivity index (χ4n) is 1.25. The van der Waals surface area contributed by atoms with Crippen molar-refractivity contribution >= 4 is 27.3 Å². The van der Waals surface area contributed by atoms with Crippen LogP contribution in [0.5, 0.6) is 0 Å². The van der Waals surface area contributed by atoms with Crippen LogP contribution < -0.4 is 5.32 Å². The van der Waals surface area contributed by atoms with Crippen molar-refractivity contribution in [1.29, 1.82) is 0 Å². The van der Waals surface area contributed by atoms with Gasteiger partial charge in [-0.2, -0.15) is 0 Å². The minimum absolute atomic E-state index is 0.160. The first kappa shape index (κ1) is 14.0. The fourth-order valence-corrected chi connectivity index (χ4v) is 2.68. The molecule has 1 rings (SSSR count). The largest absolute Gasteiger partial charge is 0.311 e. The van der Waals surface area contributed by atoms with Crippen LogP contribution in [-0.4, -0.2) is 38.0 Å². The maximum atomic E-state index is 12.0. The number of nitrogens with zero attached hydrogens (tertiary/aromatic N) is 1. The Bertz CT molecular complexity index is 307. The summed E-state index contributed by atoms with van der Waals surface area (Å²) < 4.78 is 25.1. The third kappa shape index (κ3) is 5.89. The molecule has 1 N–H and O–H groups in total. The lowest BCUT2D eigenvalue weighted by molar-refractivity contribution is 0.101. The van der Waals surface area contributed by atoms with E-state index in [-0.39, 0.29) is 6.54 Å². The van der Waals surface area contributed by atoms with Gasteiger partial charge in [0.05, 0.1) is 6.54 Å². The molecule has 0 unspecified atom stereocenters. The van der Waals surface area contributed by atoms with Crippen LogP contribution in [0.15, 0.2) is 15.9 Å². The van der Waals surface area contributed by atoms with Crippen molar-refractivity contribution in [3.05, 3.63) is 20.8 Å². The summed E-state index contributed by atoms with van der Waals surface area (Å²) in [6, 6.07) is 2.06. The number of likely N-dealkylation sites (N-methyl/N-ethyl adjacent to an activating group) is 1. The standard InChI is InChI=1S/C10H15BrF2N2S/c1-15(6-10(12)13)3-2-14-5-9-4-8(11)7-16-9/h4,7,10,14H,2-3,5-6H2,1H3. The van der Waals surface area contributed by atoms with E-state index in [2.05, 4.69) is 27.3 Å². The molecule has 2 nitrogen and oxygen atoms in total. The van der Waals surface area contributed by atoms with Crippen LogP contribution in [0.1, 0.15) is 4.88 Å². The van der Waals surface area contributed by atoms with Crippen LogP contribution in [0.2, 0.25) is 0 Å². The summed E-state index contributed by atoms with van der Waals surface area (Å²) in [6.45, 7) is 1.99. The van der Waals surface area contributed by atoms with Crippen LogP contribution in [0.25, 0.3) is 0 Å². The lowest BCUT2D eigenvalue weighted by Crippen LogP contribution is -2.32. The summed E-state index contributed by atoms with van der Waals surface area (Å²) in [5, 5.41) is 5.25. The van der Waals surface area contributed by atoms with Crippen molar-refractivity contribution in [2.24, 2.45) is 0 Å². The summed E-state index contributed by atoms with van der Waals surface area (Å²) in [5.74, 6) is 0. The second-order valence-corrected chi connectivity index (χ2v) is 5.47. The number of nitrogens with one attached hydrogen (secondary N) is 1. The Hall–Kier alpha value is -0.0400. The first-order valence-electron chi connectivity index (χ1n) is 4.98. The Labute approximate surface area is 107 Å². The van der Waals surface area contributed by atoms with Crippen LogP contribution in [0, 0.1) is 0 Å². The number of halogens is 3. The third-order valence-corrected chi connectivity index (χ3v) is 3.74. The SMILES string of the molecule is CN(CCNCc1cc(Br)cs1)CC(F)F. The van der Waals surface area contributed by atoms with Gasteiger partial charge >= 0.3 is 0 Å². The fraction of sp³-hybridized carbons (Fsp3) is 0.600. The summed E-state index contributed by atoms with van der Waals surface area (Å²) in [4.78, 5) is 2.87. The number of alkyl halides is 2. The summed E-state index contributed by atoms with van der Waals surface area (Å²) in [6.07, 6.45) is -2.25. The Morgan fingerprint density at radius 2 is 2.31 bits per heavy atom. The average Bonchev–Trinajstić information content (AvgIpc) is 2.58. The highest BCUT2D eigenvalue weighted by Gasteiger charge is 2.06. The lowest BCUT2D eigenvalue weighted by atomic mass is 10.4. The first-order valence-corrected chi connectivity index (χ1v) is 6.65. The van der Waals surface area contributed by atoms with Crippen LogP contribution >= 0.6 is 27.3 Å². The predicted molar refractivity (Wildman–Crippen MR) is 67.2 cm³/mol. The van der Waals surface area contributed by atoms with E-state index in [0.717, 1.165) is 17.6 Å². The van der Waals surface area contributed by atoms with E-state index in [1.54, 1.807) is 23.3 Å². The summed E-state index contributed by atoms with van der Waals surface area (Å²) >= 11 is 5.06. The minimum atomic E-state index is -2.25. The molecular weight excluding hydrogens is 298 g/mol. The molecule has 0 saturated heterocycles. The molecule has 0 aliphatic heterocycles. The van der Waals surface area contributed by atoms with Gasteiger partial charge in [-0.3, -0.25) is 4.90 Å². The highest BCUT2D eigenvalue weighted by Crippen LogP contribution is 2.19. The van der Waals surface area contributed by atoms with E-state index < -0.39 is 6.43 Å². The smallest absolute Gasteiger partial charge is 0.251 e. The molecule has 1 aromatic rings. The molecule has 92 valence electrons. The van der Waals surface area contributed by atoms with Gasteiger partial charge in [-0.1, -0.05) is 0 Å². The summed E-state index contributed by atoms with van der Waals surface area (Å²) in [5.41, 5.74) is 0.